The van der Waals surface area contributed by atoms with Gasteiger partial charge in [0.1, 0.15) is 5.82 Å². The smallest absolute Gasteiger partial charge is 0.292 e. The summed E-state index contributed by atoms with van der Waals surface area (Å²) in [6, 6.07) is 7.10. The highest BCUT2D eigenvalue weighted by Crippen LogP contribution is 2.45. The van der Waals surface area contributed by atoms with Crippen LogP contribution >= 0.6 is 0 Å². The molecule has 0 saturated carbocycles. The molecule has 0 aliphatic carbocycles. The summed E-state index contributed by atoms with van der Waals surface area (Å²) in [6.07, 6.45) is 0. The maximum absolute atomic E-state index is 13.7. The topological polar surface area (TPSA) is 86.6 Å². The number of nitrogens with zero attached hydrogens (tertiary/aromatic N) is 2. The van der Waals surface area contributed by atoms with Crippen LogP contribution in [0, 0.1) is 17.7 Å². The normalized spacial score (nSPS) is 24.8. The first-order valence-corrected chi connectivity index (χ1v) is 8.44. The van der Waals surface area contributed by atoms with E-state index in [0.717, 1.165) is 11.6 Å². The minimum absolute atomic E-state index is 0.00955. The van der Waals surface area contributed by atoms with Crippen LogP contribution in [0.2, 0.25) is 0 Å². The van der Waals surface area contributed by atoms with E-state index in [0.29, 0.717) is 19.6 Å². The number of hydrogen-bond donors (Lipinski definition) is 1. The van der Waals surface area contributed by atoms with E-state index in [1.165, 1.54) is 19.1 Å². The number of halogens is 1. The second-order valence-corrected chi connectivity index (χ2v) is 6.88. The van der Waals surface area contributed by atoms with E-state index in [-0.39, 0.29) is 41.3 Å². The van der Waals surface area contributed by atoms with E-state index in [1.807, 2.05) is 6.07 Å². The summed E-state index contributed by atoms with van der Waals surface area (Å²) < 4.78 is 18.6. The maximum atomic E-state index is 13.7. The lowest BCUT2D eigenvalue weighted by Crippen LogP contribution is -2.36. The lowest BCUT2D eigenvalue weighted by atomic mass is 9.89. The molecular formula is C18H18FN3O4. The highest BCUT2D eigenvalue weighted by molar-refractivity contribution is 5.91. The number of likely N-dealkylation sites (tertiary alicyclic amines) is 2. The van der Waals surface area contributed by atoms with Gasteiger partial charge in [-0.05, 0) is 17.7 Å². The molecule has 136 valence electrons. The summed E-state index contributed by atoms with van der Waals surface area (Å²) in [6.45, 7) is 2.91. The van der Waals surface area contributed by atoms with Crippen molar-refractivity contribution < 1.29 is 18.5 Å². The molecule has 1 aromatic carbocycles. The van der Waals surface area contributed by atoms with E-state index < -0.39 is 5.56 Å². The zero-order valence-electron chi connectivity index (χ0n) is 14.1. The van der Waals surface area contributed by atoms with Crippen LogP contribution in [0.4, 0.5) is 4.39 Å². The largest absolute Gasteiger partial charge is 0.373 e. The minimum atomic E-state index is -0.465. The fraction of sp³-hybridized carbons (Fsp3) is 0.389. The lowest BCUT2D eigenvalue weighted by Gasteiger charge is -2.29. The number of fused-ring (bicyclic) bond motifs is 1. The van der Waals surface area contributed by atoms with Gasteiger partial charge in [-0.15, -0.1) is 0 Å². The Kier molecular flexibility index (Phi) is 3.90. The van der Waals surface area contributed by atoms with Crippen LogP contribution in [0.25, 0.3) is 0 Å². The number of H-pyrrole nitrogens is 1. The molecule has 2 amide bonds. The van der Waals surface area contributed by atoms with Crippen LogP contribution in [0.1, 0.15) is 29.1 Å². The Balaban J connectivity index is 1.61. The van der Waals surface area contributed by atoms with Gasteiger partial charge in [-0.2, -0.15) is 5.16 Å². The van der Waals surface area contributed by atoms with Crippen molar-refractivity contribution in [2.45, 2.75) is 13.0 Å². The molecule has 0 unspecified atom stereocenters. The second-order valence-electron chi connectivity index (χ2n) is 6.88. The number of aromatic nitrogens is 1. The van der Waals surface area contributed by atoms with Crippen molar-refractivity contribution in [2.24, 2.45) is 11.8 Å². The first-order valence-electron chi connectivity index (χ1n) is 8.44. The number of rotatable bonds is 2. The summed E-state index contributed by atoms with van der Waals surface area (Å²) in [5, 5.41) is 2.11. The Morgan fingerprint density at radius 3 is 2.69 bits per heavy atom. The van der Waals surface area contributed by atoms with Gasteiger partial charge in [0.15, 0.2) is 0 Å². The molecule has 2 aromatic rings. The average molecular weight is 359 g/mol. The van der Waals surface area contributed by atoms with Crippen LogP contribution in [0.5, 0.6) is 0 Å². The third-order valence-electron chi connectivity index (χ3n) is 5.28. The van der Waals surface area contributed by atoms with Crippen molar-refractivity contribution >= 4 is 11.8 Å². The predicted molar refractivity (Wildman–Crippen MR) is 88.7 cm³/mol. The van der Waals surface area contributed by atoms with Crippen LogP contribution < -0.4 is 5.56 Å². The van der Waals surface area contributed by atoms with Crippen LogP contribution in [-0.2, 0) is 4.79 Å². The molecule has 0 spiro atoms. The van der Waals surface area contributed by atoms with E-state index >= 15 is 0 Å². The molecule has 1 N–H and O–H groups in total. The molecule has 2 fully saturated rings. The van der Waals surface area contributed by atoms with Crippen LogP contribution in [0.3, 0.4) is 0 Å². The number of carbonyl (C=O) groups excluding carboxylic acids is 2. The molecule has 0 radical (unpaired) electrons. The third-order valence-corrected chi connectivity index (χ3v) is 5.28. The third kappa shape index (κ3) is 2.71. The SMILES string of the molecule is CC(=O)N1C[C@H]2CN(C(=O)c3cc(=O)[nH]o3)C[C@H]2[C@@H]1c1cccc(F)c1. The van der Waals surface area contributed by atoms with Crippen molar-refractivity contribution in [1.29, 1.82) is 0 Å². The average Bonchev–Trinajstić information content (AvgIpc) is 3.27. The Morgan fingerprint density at radius 1 is 1.23 bits per heavy atom. The van der Waals surface area contributed by atoms with Crippen LogP contribution in [0.15, 0.2) is 39.6 Å². The number of nitrogens with one attached hydrogen (secondary N) is 1. The summed E-state index contributed by atoms with van der Waals surface area (Å²) in [7, 11) is 0. The van der Waals surface area contributed by atoms with E-state index in [1.54, 1.807) is 15.9 Å². The van der Waals surface area contributed by atoms with Gasteiger partial charge in [-0.25, -0.2) is 4.39 Å². The molecule has 2 saturated heterocycles. The van der Waals surface area contributed by atoms with Gasteiger partial charge in [0.2, 0.25) is 11.7 Å². The fourth-order valence-electron chi connectivity index (χ4n) is 4.20. The fourth-order valence-corrected chi connectivity index (χ4v) is 4.20. The summed E-state index contributed by atoms with van der Waals surface area (Å²) in [4.78, 5) is 39.2. The standard InChI is InChI=1S/C18H18FN3O4/c1-10(23)22-8-12-7-21(18(25)15-6-16(24)20-26-15)9-14(12)17(22)11-3-2-4-13(19)5-11/h2-6,12,14,17H,7-9H2,1H3,(H,20,24)/t12-,14-,17+/m1/s1. The summed E-state index contributed by atoms with van der Waals surface area (Å²) >= 11 is 0. The number of carbonyl (C=O) groups is 2. The van der Waals surface area contributed by atoms with Crippen molar-refractivity contribution in [3.63, 3.8) is 0 Å². The van der Waals surface area contributed by atoms with Gasteiger partial charge in [0.05, 0.1) is 12.1 Å². The van der Waals surface area contributed by atoms with Crippen LogP contribution in [-0.4, -0.2) is 46.4 Å². The quantitative estimate of drug-likeness (QED) is 0.878. The number of hydrogen-bond acceptors (Lipinski definition) is 4. The van der Waals surface area contributed by atoms with E-state index in [9.17, 15) is 18.8 Å². The number of amides is 2. The molecule has 1 aromatic heterocycles. The maximum Gasteiger partial charge on any atom is 0.292 e. The Hall–Kier alpha value is -2.90. The van der Waals surface area contributed by atoms with Gasteiger partial charge >= 0.3 is 0 Å². The molecule has 4 rings (SSSR count). The molecule has 0 bridgehead atoms. The van der Waals surface area contributed by atoms with Crippen molar-refractivity contribution in [3.05, 3.63) is 57.8 Å². The Bertz CT molecular complexity index is 921. The second kappa shape index (κ2) is 6.12. The molecule has 3 heterocycles. The zero-order chi connectivity index (χ0) is 18.4. The van der Waals surface area contributed by atoms with Gasteiger partial charge in [-0.1, -0.05) is 12.1 Å². The molecular weight excluding hydrogens is 341 g/mol. The van der Waals surface area contributed by atoms with Gasteiger partial charge < -0.3 is 14.3 Å². The van der Waals surface area contributed by atoms with E-state index in [4.69, 9.17) is 4.52 Å². The monoisotopic (exact) mass is 359 g/mol. The van der Waals surface area contributed by atoms with E-state index in [2.05, 4.69) is 5.16 Å². The van der Waals surface area contributed by atoms with Gasteiger partial charge in [-0.3, -0.25) is 14.4 Å². The molecule has 7 nitrogen and oxygen atoms in total. The molecule has 3 atom stereocenters. The molecule has 2 aliphatic heterocycles. The molecule has 2 aliphatic rings. The Morgan fingerprint density at radius 2 is 2.04 bits per heavy atom. The van der Waals surface area contributed by atoms with Gasteiger partial charge in [0.25, 0.3) is 11.5 Å². The molecule has 8 heteroatoms. The van der Waals surface area contributed by atoms with Crippen molar-refractivity contribution in [3.8, 4) is 0 Å². The van der Waals surface area contributed by atoms with Crippen molar-refractivity contribution in [1.82, 2.24) is 15.0 Å². The highest BCUT2D eigenvalue weighted by Gasteiger charge is 2.49. The highest BCUT2D eigenvalue weighted by atomic mass is 19.1. The first-order chi connectivity index (χ1) is 12.4. The Labute approximate surface area is 148 Å². The van der Waals surface area contributed by atoms with Crippen molar-refractivity contribution in [2.75, 3.05) is 19.6 Å². The first kappa shape index (κ1) is 16.6. The number of benzene rings is 1. The molecule has 26 heavy (non-hydrogen) atoms. The number of aromatic amines is 1. The zero-order valence-corrected chi connectivity index (χ0v) is 14.1. The lowest BCUT2D eigenvalue weighted by molar-refractivity contribution is -0.130. The predicted octanol–water partition coefficient (Wildman–Crippen LogP) is 1.40. The summed E-state index contributed by atoms with van der Waals surface area (Å²) in [5.74, 6) is -0.694. The summed E-state index contributed by atoms with van der Waals surface area (Å²) in [5.41, 5.74) is 0.267. The van der Waals surface area contributed by atoms with Gasteiger partial charge in [0, 0.05) is 38.4 Å². The minimum Gasteiger partial charge on any atom is -0.373 e.